The molecular formula is C19H15BiBr2S2. The standard InChI is InChI=1S/C7H7.2C6H5BrS.Bi/c1-7-5-3-2-4-6-7;2*7-5-3-1-2-4-6(5)8;/h3-6H,1H3;2*1-4,8H;/q;;;+2/p-2. The van der Waals surface area contributed by atoms with E-state index in [9.17, 15) is 0 Å². The topological polar surface area (TPSA) is 0 Å². The van der Waals surface area contributed by atoms with E-state index >= 15 is 0 Å². The van der Waals surface area contributed by atoms with Gasteiger partial charge in [0, 0.05) is 0 Å². The van der Waals surface area contributed by atoms with Gasteiger partial charge in [0.25, 0.3) is 0 Å². The molecular weight excluding hydrogens is 661 g/mol. The second-order valence-corrected chi connectivity index (χ2v) is 24.8. The van der Waals surface area contributed by atoms with Crippen molar-refractivity contribution in [2.45, 2.75) is 16.7 Å². The number of hydrogen-bond acceptors (Lipinski definition) is 2. The van der Waals surface area contributed by atoms with Crippen molar-refractivity contribution >= 4 is 71.0 Å². The van der Waals surface area contributed by atoms with E-state index in [1.165, 1.54) is 27.6 Å². The van der Waals surface area contributed by atoms with Crippen LogP contribution in [-0.4, -0.2) is 18.8 Å². The third kappa shape index (κ3) is 5.11. The first-order chi connectivity index (χ1) is 11.6. The van der Waals surface area contributed by atoms with Crippen LogP contribution in [-0.2, 0) is 0 Å². The Morgan fingerprint density at radius 3 is 1.58 bits per heavy atom. The summed E-state index contributed by atoms with van der Waals surface area (Å²) in [5.74, 6) is 0. The quantitative estimate of drug-likeness (QED) is 0.273. The number of benzene rings is 3. The van der Waals surface area contributed by atoms with Gasteiger partial charge in [-0.05, 0) is 0 Å². The molecule has 0 bridgehead atoms. The van der Waals surface area contributed by atoms with Crippen LogP contribution in [0.25, 0.3) is 0 Å². The van der Waals surface area contributed by atoms with Crippen LogP contribution in [0.3, 0.4) is 0 Å². The Balaban J connectivity index is 1.93. The van der Waals surface area contributed by atoms with Gasteiger partial charge >= 0.3 is 175 Å². The maximum atomic E-state index is 3.70. The van der Waals surface area contributed by atoms with Gasteiger partial charge in [-0.2, -0.15) is 0 Å². The van der Waals surface area contributed by atoms with Crippen molar-refractivity contribution in [1.29, 1.82) is 0 Å². The van der Waals surface area contributed by atoms with Gasteiger partial charge in [-0.15, -0.1) is 0 Å². The number of hydrogen-bond donors (Lipinski definition) is 0. The van der Waals surface area contributed by atoms with E-state index in [1.807, 2.05) is 0 Å². The number of aryl methyl sites for hydroxylation is 1. The zero-order valence-electron chi connectivity index (χ0n) is 12.9. The molecule has 24 heavy (non-hydrogen) atoms. The second-order valence-electron chi connectivity index (χ2n) is 5.14. The van der Waals surface area contributed by atoms with Crippen molar-refractivity contribution in [3.63, 3.8) is 0 Å². The van der Waals surface area contributed by atoms with Gasteiger partial charge in [-0.3, -0.25) is 0 Å². The van der Waals surface area contributed by atoms with E-state index in [2.05, 4.69) is 129 Å². The van der Waals surface area contributed by atoms with Crippen LogP contribution in [0.5, 0.6) is 0 Å². The fraction of sp³-hybridized carbons (Fsp3) is 0.0526. The van der Waals surface area contributed by atoms with Gasteiger partial charge in [0.2, 0.25) is 0 Å². The van der Waals surface area contributed by atoms with Gasteiger partial charge in [-0.1, -0.05) is 0 Å². The van der Waals surface area contributed by atoms with Crippen molar-refractivity contribution in [2.24, 2.45) is 0 Å². The van der Waals surface area contributed by atoms with E-state index < -0.39 is 18.8 Å². The van der Waals surface area contributed by atoms with Crippen molar-refractivity contribution in [3.8, 4) is 0 Å². The average Bonchev–Trinajstić information content (AvgIpc) is 2.59. The summed E-state index contributed by atoms with van der Waals surface area (Å²) in [4.78, 5) is 2.69. The van der Waals surface area contributed by atoms with Crippen LogP contribution in [0.15, 0.2) is 91.5 Å². The van der Waals surface area contributed by atoms with Crippen molar-refractivity contribution in [3.05, 3.63) is 87.3 Å². The van der Waals surface area contributed by atoms with E-state index in [4.69, 9.17) is 0 Å². The van der Waals surface area contributed by atoms with E-state index in [0.717, 1.165) is 0 Å². The van der Waals surface area contributed by atoms with Crippen LogP contribution in [0.1, 0.15) is 5.56 Å². The van der Waals surface area contributed by atoms with Crippen LogP contribution < -0.4 is 3.27 Å². The van der Waals surface area contributed by atoms with Gasteiger partial charge in [0.15, 0.2) is 0 Å². The van der Waals surface area contributed by atoms with E-state index in [-0.39, 0.29) is 0 Å². The van der Waals surface area contributed by atoms with E-state index in [0.29, 0.717) is 0 Å². The molecule has 0 radical (unpaired) electrons. The summed E-state index contributed by atoms with van der Waals surface area (Å²) < 4.78 is 3.90. The molecule has 3 rings (SSSR count). The molecule has 0 saturated heterocycles. The molecule has 0 nitrogen and oxygen atoms in total. The normalized spacial score (nSPS) is 11.0. The zero-order chi connectivity index (χ0) is 16.9. The molecule has 122 valence electrons. The molecule has 0 amide bonds. The summed E-state index contributed by atoms with van der Waals surface area (Å²) in [6.45, 7) is 2.15. The van der Waals surface area contributed by atoms with Crippen LogP contribution in [0.4, 0.5) is 0 Å². The molecule has 0 unspecified atom stereocenters. The molecule has 0 aliphatic rings. The molecule has 0 fully saturated rings. The first kappa shape index (κ1) is 19.0. The molecule has 0 aromatic heterocycles. The average molecular weight is 676 g/mol. The summed E-state index contributed by atoms with van der Waals surface area (Å²) in [6.07, 6.45) is 0. The van der Waals surface area contributed by atoms with Crippen LogP contribution in [0.2, 0.25) is 0 Å². The SMILES string of the molecule is Cc1cc[c]([Bi]([S]c2ccccc2Br)[S]c2ccccc2Br)cc1. The Morgan fingerprint density at radius 1 is 0.667 bits per heavy atom. The Kier molecular flexibility index (Phi) is 7.30. The number of halogens is 2. The predicted octanol–water partition coefficient (Wildman–Crippen LogP) is 6.80. The molecule has 0 N–H and O–H groups in total. The predicted molar refractivity (Wildman–Crippen MR) is 117 cm³/mol. The fourth-order valence-electron chi connectivity index (χ4n) is 2.01. The van der Waals surface area contributed by atoms with Gasteiger partial charge < -0.3 is 0 Å². The summed E-state index contributed by atoms with van der Waals surface area (Å²) in [5.41, 5.74) is 1.32. The molecule has 5 heteroatoms. The molecule has 0 atom stereocenters. The molecule has 3 aromatic carbocycles. The van der Waals surface area contributed by atoms with Crippen molar-refractivity contribution in [2.75, 3.05) is 0 Å². The second kappa shape index (κ2) is 9.23. The Labute approximate surface area is 173 Å². The number of rotatable bonds is 5. The van der Waals surface area contributed by atoms with Crippen molar-refractivity contribution < 1.29 is 0 Å². The molecule has 0 saturated carbocycles. The van der Waals surface area contributed by atoms with Gasteiger partial charge in [0.1, 0.15) is 0 Å². The third-order valence-corrected chi connectivity index (χ3v) is 25.5. The first-order valence-electron chi connectivity index (χ1n) is 7.35. The Bertz CT molecular complexity index is 774. The minimum atomic E-state index is -2.11. The minimum absolute atomic E-state index is 1.19. The Hall–Kier alpha value is 0.203. The Morgan fingerprint density at radius 2 is 1.12 bits per heavy atom. The molecule has 0 heterocycles. The summed E-state index contributed by atoms with van der Waals surface area (Å²) in [5, 5.41) is 0. The molecule has 3 aromatic rings. The van der Waals surface area contributed by atoms with Gasteiger partial charge in [-0.25, -0.2) is 0 Å². The first-order valence-corrected chi connectivity index (χ1v) is 20.7. The third-order valence-electron chi connectivity index (χ3n) is 3.28. The van der Waals surface area contributed by atoms with Crippen LogP contribution >= 0.6 is 48.9 Å². The molecule has 0 aliphatic heterocycles. The van der Waals surface area contributed by atoms with Crippen LogP contribution in [0, 0.1) is 6.92 Å². The summed E-state index contributed by atoms with van der Waals surface area (Å²) in [6, 6.07) is 26.2. The van der Waals surface area contributed by atoms with Crippen molar-refractivity contribution in [1.82, 2.24) is 0 Å². The summed E-state index contributed by atoms with van der Waals surface area (Å²) >= 11 is 5.30. The zero-order valence-corrected chi connectivity index (χ0v) is 21.2. The van der Waals surface area contributed by atoms with E-state index in [1.54, 1.807) is 0 Å². The van der Waals surface area contributed by atoms with Gasteiger partial charge in [0.05, 0.1) is 0 Å². The molecule has 0 spiro atoms. The molecule has 0 aliphatic carbocycles. The fourth-order valence-corrected chi connectivity index (χ4v) is 27.0. The summed E-state index contributed by atoms with van der Waals surface area (Å²) in [7, 11) is 4.15. The monoisotopic (exact) mass is 674 g/mol. The maximum absolute atomic E-state index is 3.70.